The molecule has 0 radical (unpaired) electrons. The Balaban J connectivity index is 1.74. The molecule has 0 amide bonds. The fourth-order valence-electron chi connectivity index (χ4n) is 2.30. The second kappa shape index (κ2) is 7.46. The molecule has 0 saturated carbocycles. The minimum atomic E-state index is 0.220. The van der Waals surface area contributed by atoms with Crippen LogP contribution in [0.5, 0.6) is 0 Å². The van der Waals surface area contributed by atoms with E-state index in [0.29, 0.717) is 0 Å². The Labute approximate surface area is 119 Å². The van der Waals surface area contributed by atoms with Crippen LogP contribution in [0.25, 0.3) is 0 Å². The van der Waals surface area contributed by atoms with Gasteiger partial charge in [-0.05, 0) is 37.1 Å². The summed E-state index contributed by atoms with van der Waals surface area (Å²) in [7, 11) is 0. The SMILES string of the molecule is CCCn1ccnc1CC(N)CCCc1cccs1. The summed E-state index contributed by atoms with van der Waals surface area (Å²) in [6.07, 6.45) is 9.33. The van der Waals surface area contributed by atoms with Crippen LogP contribution in [0.1, 0.15) is 36.9 Å². The third-order valence-corrected chi connectivity index (χ3v) is 4.23. The second-order valence-corrected chi connectivity index (χ2v) is 6.00. The summed E-state index contributed by atoms with van der Waals surface area (Å²) in [5.41, 5.74) is 6.22. The summed E-state index contributed by atoms with van der Waals surface area (Å²) < 4.78 is 2.22. The lowest BCUT2D eigenvalue weighted by Crippen LogP contribution is -2.24. The molecule has 0 spiro atoms. The molecule has 4 heteroatoms. The van der Waals surface area contributed by atoms with Crippen LogP contribution < -0.4 is 5.73 Å². The molecule has 0 aliphatic carbocycles. The van der Waals surface area contributed by atoms with E-state index in [1.165, 1.54) is 4.88 Å². The van der Waals surface area contributed by atoms with Gasteiger partial charge >= 0.3 is 0 Å². The van der Waals surface area contributed by atoms with Gasteiger partial charge in [-0.2, -0.15) is 0 Å². The van der Waals surface area contributed by atoms with Crippen LogP contribution in [0.15, 0.2) is 29.9 Å². The first-order valence-electron chi connectivity index (χ1n) is 7.07. The molecule has 2 N–H and O–H groups in total. The molecular weight excluding hydrogens is 254 g/mol. The molecule has 2 aromatic rings. The first-order chi connectivity index (χ1) is 9.29. The Bertz CT molecular complexity index is 461. The van der Waals surface area contributed by atoms with E-state index in [1.807, 2.05) is 17.5 Å². The summed E-state index contributed by atoms with van der Waals surface area (Å²) in [5, 5.41) is 2.14. The summed E-state index contributed by atoms with van der Waals surface area (Å²) >= 11 is 1.83. The van der Waals surface area contributed by atoms with Crippen LogP contribution in [-0.4, -0.2) is 15.6 Å². The van der Waals surface area contributed by atoms with Gasteiger partial charge in [-0.15, -0.1) is 11.3 Å². The molecule has 0 aliphatic heterocycles. The molecule has 0 aliphatic rings. The van der Waals surface area contributed by atoms with E-state index in [9.17, 15) is 0 Å². The fraction of sp³-hybridized carbons (Fsp3) is 0.533. The predicted molar refractivity (Wildman–Crippen MR) is 81.5 cm³/mol. The van der Waals surface area contributed by atoms with Crippen molar-refractivity contribution in [3.8, 4) is 0 Å². The van der Waals surface area contributed by atoms with Gasteiger partial charge in [0, 0.05) is 36.3 Å². The number of thiophene rings is 1. The zero-order valence-corrected chi connectivity index (χ0v) is 12.4. The van der Waals surface area contributed by atoms with Gasteiger partial charge in [0.1, 0.15) is 5.82 Å². The van der Waals surface area contributed by atoms with E-state index in [1.54, 1.807) is 0 Å². The van der Waals surface area contributed by atoms with Gasteiger partial charge in [0.05, 0.1) is 0 Å². The summed E-state index contributed by atoms with van der Waals surface area (Å²) in [6.45, 7) is 3.22. The highest BCUT2D eigenvalue weighted by Gasteiger charge is 2.09. The molecule has 3 nitrogen and oxygen atoms in total. The summed E-state index contributed by atoms with van der Waals surface area (Å²) in [5.74, 6) is 1.13. The molecule has 0 fully saturated rings. The van der Waals surface area contributed by atoms with E-state index < -0.39 is 0 Å². The Morgan fingerprint density at radius 3 is 3.11 bits per heavy atom. The van der Waals surface area contributed by atoms with E-state index in [2.05, 4.69) is 40.2 Å². The number of rotatable bonds is 8. The van der Waals surface area contributed by atoms with Crippen molar-refractivity contribution >= 4 is 11.3 Å². The Morgan fingerprint density at radius 1 is 1.47 bits per heavy atom. The number of aromatic nitrogens is 2. The average molecular weight is 277 g/mol. The number of nitrogens with two attached hydrogens (primary N) is 1. The van der Waals surface area contributed by atoms with Gasteiger partial charge in [-0.3, -0.25) is 0 Å². The number of nitrogens with zero attached hydrogens (tertiary/aromatic N) is 2. The first-order valence-corrected chi connectivity index (χ1v) is 7.95. The van der Waals surface area contributed by atoms with Gasteiger partial charge < -0.3 is 10.3 Å². The van der Waals surface area contributed by atoms with E-state index in [-0.39, 0.29) is 6.04 Å². The molecule has 0 saturated heterocycles. The van der Waals surface area contributed by atoms with E-state index in [0.717, 1.165) is 44.5 Å². The number of hydrogen-bond donors (Lipinski definition) is 1. The quantitative estimate of drug-likeness (QED) is 0.805. The minimum absolute atomic E-state index is 0.220. The maximum Gasteiger partial charge on any atom is 0.110 e. The first kappa shape index (κ1) is 14.3. The number of imidazole rings is 1. The molecular formula is C15H23N3S. The molecule has 2 heterocycles. The molecule has 2 rings (SSSR count). The maximum absolute atomic E-state index is 6.22. The molecule has 0 aromatic carbocycles. The highest BCUT2D eigenvalue weighted by Crippen LogP contribution is 2.13. The van der Waals surface area contributed by atoms with Crippen LogP contribution in [0.4, 0.5) is 0 Å². The Morgan fingerprint density at radius 2 is 2.37 bits per heavy atom. The zero-order chi connectivity index (χ0) is 13.5. The van der Waals surface area contributed by atoms with E-state index >= 15 is 0 Å². The van der Waals surface area contributed by atoms with Crippen LogP contribution in [0, 0.1) is 0 Å². The van der Waals surface area contributed by atoms with Crippen molar-refractivity contribution in [2.45, 2.75) is 51.6 Å². The Hall–Kier alpha value is -1.13. The van der Waals surface area contributed by atoms with Gasteiger partial charge in [0.25, 0.3) is 0 Å². The average Bonchev–Trinajstić information content (AvgIpc) is 3.02. The minimum Gasteiger partial charge on any atom is -0.335 e. The third kappa shape index (κ3) is 4.48. The number of hydrogen-bond acceptors (Lipinski definition) is 3. The second-order valence-electron chi connectivity index (χ2n) is 4.97. The predicted octanol–water partition coefficient (Wildman–Crippen LogP) is 3.25. The fourth-order valence-corrected chi connectivity index (χ4v) is 3.06. The van der Waals surface area contributed by atoms with Crippen LogP contribution in [0.2, 0.25) is 0 Å². The van der Waals surface area contributed by atoms with Crippen molar-refractivity contribution in [2.75, 3.05) is 0 Å². The van der Waals surface area contributed by atoms with Crippen molar-refractivity contribution in [1.82, 2.24) is 9.55 Å². The van der Waals surface area contributed by atoms with Crippen molar-refractivity contribution < 1.29 is 0 Å². The van der Waals surface area contributed by atoms with Crippen LogP contribution >= 0.6 is 11.3 Å². The van der Waals surface area contributed by atoms with Crippen molar-refractivity contribution in [3.63, 3.8) is 0 Å². The highest BCUT2D eigenvalue weighted by atomic mass is 32.1. The van der Waals surface area contributed by atoms with Gasteiger partial charge in [-0.25, -0.2) is 4.98 Å². The maximum atomic E-state index is 6.22. The lowest BCUT2D eigenvalue weighted by molar-refractivity contribution is 0.542. The molecule has 1 unspecified atom stereocenters. The van der Waals surface area contributed by atoms with Crippen molar-refractivity contribution in [3.05, 3.63) is 40.6 Å². The summed E-state index contributed by atoms with van der Waals surface area (Å²) in [4.78, 5) is 5.88. The third-order valence-electron chi connectivity index (χ3n) is 3.29. The summed E-state index contributed by atoms with van der Waals surface area (Å²) in [6, 6.07) is 4.53. The van der Waals surface area contributed by atoms with Crippen LogP contribution in [0.3, 0.4) is 0 Å². The molecule has 1 atom stereocenters. The Kier molecular flexibility index (Phi) is 5.61. The normalized spacial score (nSPS) is 12.7. The largest absolute Gasteiger partial charge is 0.335 e. The van der Waals surface area contributed by atoms with Gasteiger partial charge in [-0.1, -0.05) is 13.0 Å². The lowest BCUT2D eigenvalue weighted by atomic mass is 10.1. The van der Waals surface area contributed by atoms with Crippen molar-refractivity contribution in [2.24, 2.45) is 5.73 Å². The molecule has 0 bridgehead atoms. The smallest absolute Gasteiger partial charge is 0.110 e. The van der Waals surface area contributed by atoms with Gasteiger partial charge in [0.2, 0.25) is 0 Å². The molecule has 104 valence electrons. The van der Waals surface area contributed by atoms with E-state index in [4.69, 9.17) is 5.73 Å². The van der Waals surface area contributed by atoms with Gasteiger partial charge in [0.15, 0.2) is 0 Å². The highest BCUT2D eigenvalue weighted by molar-refractivity contribution is 7.09. The number of aryl methyl sites for hydroxylation is 2. The molecule has 19 heavy (non-hydrogen) atoms. The topological polar surface area (TPSA) is 43.8 Å². The zero-order valence-electron chi connectivity index (χ0n) is 11.6. The molecule has 2 aromatic heterocycles. The standard InChI is InChI=1S/C15H23N3S/c1-2-9-18-10-8-17-15(18)12-13(16)5-3-6-14-7-4-11-19-14/h4,7-8,10-11,13H,2-3,5-6,9,12,16H2,1H3. The monoisotopic (exact) mass is 277 g/mol. The van der Waals surface area contributed by atoms with Crippen molar-refractivity contribution in [1.29, 1.82) is 0 Å². The lowest BCUT2D eigenvalue weighted by Gasteiger charge is -2.12. The van der Waals surface area contributed by atoms with Crippen LogP contribution in [-0.2, 0) is 19.4 Å².